The van der Waals surface area contributed by atoms with E-state index in [0.717, 1.165) is 28.0 Å². The fraction of sp³-hybridized carbons (Fsp3) is 0.188. The van der Waals surface area contributed by atoms with Crippen LogP contribution in [0.3, 0.4) is 0 Å². The van der Waals surface area contributed by atoms with E-state index >= 15 is 0 Å². The van der Waals surface area contributed by atoms with Gasteiger partial charge in [-0.15, -0.1) is 0 Å². The molecular weight excluding hydrogens is 330 g/mol. The number of methoxy groups -OCH3 is 1. The van der Waals surface area contributed by atoms with Gasteiger partial charge in [0.1, 0.15) is 11.6 Å². The molecule has 0 aromatic heterocycles. The minimum Gasteiger partial charge on any atom is -0.497 e. The van der Waals surface area contributed by atoms with Crippen LogP contribution < -0.4 is 15.4 Å². The molecule has 2 rings (SSSR count). The van der Waals surface area contributed by atoms with Crippen LogP contribution in [0, 0.1) is 5.41 Å². The summed E-state index contributed by atoms with van der Waals surface area (Å²) in [6, 6.07) is 13.7. The number of halogens is 1. The van der Waals surface area contributed by atoms with Crippen LogP contribution in [-0.4, -0.2) is 20.0 Å². The molecule has 0 heterocycles. The number of nitrogens with one attached hydrogen (secondary N) is 1. The van der Waals surface area contributed by atoms with Crippen LogP contribution in [0.1, 0.15) is 11.1 Å². The number of ether oxygens (including phenoxy) is 1. The molecule has 0 saturated heterocycles. The maximum atomic E-state index is 7.75. The van der Waals surface area contributed by atoms with E-state index in [4.69, 9.17) is 15.9 Å². The van der Waals surface area contributed by atoms with Crippen molar-refractivity contribution in [1.29, 1.82) is 5.41 Å². The molecule has 0 spiro atoms. The highest BCUT2D eigenvalue weighted by atomic mass is 79.9. The standard InChI is InChI=1S/C16H18BrN3O/c1-20(10-11-6-8-12(21-2)9-7-11)14-5-3-4-13(17)15(14)16(18)19/h3-9H,10H2,1-2H3,(H3,18,19). The highest BCUT2D eigenvalue weighted by molar-refractivity contribution is 9.10. The lowest BCUT2D eigenvalue weighted by Gasteiger charge is -2.23. The molecule has 0 fully saturated rings. The van der Waals surface area contributed by atoms with Crippen molar-refractivity contribution in [3.05, 3.63) is 58.1 Å². The molecule has 4 nitrogen and oxygen atoms in total. The average molecular weight is 348 g/mol. The van der Waals surface area contributed by atoms with Crippen molar-refractivity contribution in [2.45, 2.75) is 6.54 Å². The number of nitrogens with two attached hydrogens (primary N) is 1. The van der Waals surface area contributed by atoms with Gasteiger partial charge < -0.3 is 15.4 Å². The van der Waals surface area contributed by atoms with Gasteiger partial charge in [-0.1, -0.05) is 18.2 Å². The lowest BCUT2D eigenvalue weighted by molar-refractivity contribution is 0.414. The molecule has 2 aromatic rings. The van der Waals surface area contributed by atoms with Gasteiger partial charge in [0.2, 0.25) is 0 Å². The first-order valence-corrected chi connectivity index (χ1v) is 7.29. The highest BCUT2D eigenvalue weighted by Crippen LogP contribution is 2.28. The van der Waals surface area contributed by atoms with Crippen molar-refractivity contribution in [1.82, 2.24) is 0 Å². The van der Waals surface area contributed by atoms with Gasteiger partial charge in [-0.25, -0.2) is 0 Å². The molecular formula is C16H18BrN3O. The Morgan fingerprint density at radius 2 is 1.90 bits per heavy atom. The monoisotopic (exact) mass is 347 g/mol. The second-order valence-corrected chi connectivity index (χ2v) is 5.61. The molecule has 0 atom stereocenters. The minimum absolute atomic E-state index is 0.0547. The quantitative estimate of drug-likeness (QED) is 0.643. The summed E-state index contributed by atoms with van der Waals surface area (Å²) in [6.07, 6.45) is 0. The summed E-state index contributed by atoms with van der Waals surface area (Å²) in [5.74, 6) is 0.896. The maximum Gasteiger partial charge on any atom is 0.126 e. The number of amidine groups is 1. The Morgan fingerprint density at radius 3 is 2.48 bits per heavy atom. The van der Waals surface area contributed by atoms with Gasteiger partial charge in [-0.3, -0.25) is 5.41 Å². The van der Waals surface area contributed by atoms with Gasteiger partial charge in [0.25, 0.3) is 0 Å². The Labute approximate surface area is 133 Å². The summed E-state index contributed by atoms with van der Waals surface area (Å²) in [5.41, 5.74) is 8.49. The molecule has 0 unspecified atom stereocenters. The first-order valence-electron chi connectivity index (χ1n) is 6.50. The van der Waals surface area contributed by atoms with E-state index in [0.29, 0.717) is 5.56 Å². The van der Waals surface area contributed by atoms with E-state index in [-0.39, 0.29) is 5.84 Å². The van der Waals surface area contributed by atoms with E-state index < -0.39 is 0 Å². The first kappa shape index (κ1) is 15.4. The minimum atomic E-state index is 0.0547. The largest absolute Gasteiger partial charge is 0.497 e. The van der Waals surface area contributed by atoms with E-state index in [1.807, 2.05) is 49.5 Å². The summed E-state index contributed by atoms with van der Waals surface area (Å²) < 4.78 is 5.99. The molecule has 0 amide bonds. The summed E-state index contributed by atoms with van der Waals surface area (Å²) in [6.45, 7) is 0.723. The molecule has 0 bridgehead atoms. The zero-order valence-corrected chi connectivity index (χ0v) is 13.6. The van der Waals surface area contributed by atoms with Crippen LogP contribution >= 0.6 is 15.9 Å². The Hall–Kier alpha value is -2.01. The molecule has 2 aromatic carbocycles. The Balaban J connectivity index is 2.25. The number of rotatable bonds is 5. The van der Waals surface area contributed by atoms with Crippen molar-refractivity contribution in [2.75, 3.05) is 19.1 Å². The van der Waals surface area contributed by atoms with Crippen LogP contribution in [-0.2, 0) is 6.54 Å². The molecule has 0 saturated carbocycles. The number of anilines is 1. The Bertz CT molecular complexity index is 640. The van der Waals surface area contributed by atoms with Crippen LogP contribution in [0.2, 0.25) is 0 Å². The second kappa shape index (κ2) is 6.63. The SMILES string of the molecule is COc1ccc(CN(C)c2cccc(Br)c2C(=N)N)cc1. The number of hydrogen-bond donors (Lipinski definition) is 2. The summed E-state index contributed by atoms with van der Waals surface area (Å²) in [7, 11) is 3.64. The lowest BCUT2D eigenvalue weighted by Crippen LogP contribution is -2.22. The van der Waals surface area contributed by atoms with Gasteiger partial charge in [0.15, 0.2) is 0 Å². The van der Waals surface area contributed by atoms with Crippen molar-refractivity contribution < 1.29 is 4.74 Å². The smallest absolute Gasteiger partial charge is 0.126 e. The van der Waals surface area contributed by atoms with Gasteiger partial charge in [0.05, 0.1) is 12.7 Å². The molecule has 0 radical (unpaired) electrons. The predicted octanol–water partition coefficient (Wildman–Crippen LogP) is 3.38. The second-order valence-electron chi connectivity index (χ2n) is 4.75. The molecule has 3 N–H and O–H groups in total. The molecule has 0 aliphatic carbocycles. The maximum absolute atomic E-state index is 7.75. The van der Waals surface area contributed by atoms with Crippen molar-refractivity contribution >= 4 is 27.5 Å². The fourth-order valence-electron chi connectivity index (χ4n) is 2.19. The lowest BCUT2D eigenvalue weighted by atomic mass is 10.1. The number of benzene rings is 2. The predicted molar refractivity (Wildman–Crippen MR) is 90.3 cm³/mol. The van der Waals surface area contributed by atoms with Gasteiger partial charge in [0, 0.05) is 23.8 Å². The number of nitrogen functional groups attached to an aromatic ring is 1. The molecule has 21 heavy (non-hydrogen) atoms. The van der Waals surface area contributed by atoms with Gasteiger partial charge >= 0.3 is 0 Å². The van der Waals surface area contributed by atoms with Crippen LogP contribution in [0.25, 0.3) is 0 Å². The van der Waals surface area contributed by atoms with E-state index in [9.17, 15) is 0 Å². The van der Waals surface area contributed by atoms with Crippen LogP contribution in [0.5, 0.6) is 5.75 Å². The third-order valence-electron chi connectivity index (χ3n) is 3.25. The molecule has 0 aliphatic rings. The highest BCUT2D eigenvalue weighted by Gasteiger charge is 2.13. The van der Waals surface area contributed by atoms with E-state index in [2.05, 4.69) is 20.8 Å². The summed E-state index contributed by atoms with van der Waals surface area (Å²) in [5, 5.41) is 7.75. The molecule has 0 aliphatic heterocycles. The van der Waals surface area contributed by atoms with Crippen LogP contribution in [0.4, 0.5) is 5.69 Å². The third kappa shape index (κ3) is 3.55. The fourth-order valence-corrected chi connectivity index (χ4v) is 2.76. The normalized spacial score (nSPS) is 10.2. The third-order valence-corrected chi connectivity index (χ3v) is 3.91. The van der Waals surface area contributed by atoms with Gasteiger partial charge in [-0.2, -0.15) is 0 Å². The Kier molecular flexibility index (Phi) is 4.85. The molecule has 110 valence electrons. The first-order chi connectivity index (χ1) is 10.0. The Morgan fingerprint density at radius 1 is 1.24 bits per heavy atom. The number of nitrogens with zero attached hydrogens (tertiary/aromatic N) is 1. The van der Waals surface area contributed by atoms with Gasteiger partial charge in [-0.05, 0) is 45.8 Å². The summed E-state index contributed by atoms with van der Waals surface area (Å²) in [4.78, 5) is 2.07. The van der Waals surface area contributed by atoms with Crippen molar-refractivity contribution in [2.24, 2.45) is 5.73 Å². The average Bonchev–Trinajstić information content (AvgIpc) is 2.47. The van der Waals surface area contributed by atoms with Crippen molar-refractivity contribution in [3.8, 4) is 5.75 Å². The number of hydrogen-bond acceptors (Lipinski definition) is 3. The summed E-state index contributed by atoms with van der Waals surface area (Å²) >= 11 is 3.46. The zero-order chi connectivity index (χ0) is 15.4. The molecule has 5 heteroatoms. The van der Waals surface area contributed by atoms with E-state index in [1.165, 1.54) is 0 Å². The topological polar surface area (TPSA) is 62.3 Å². The van der Waals surface area contributed by atoms with Crippen LogP contribution in [0.15, 0.2) is 46.9 Å². The van der Waals surface area contributed by atoms with Crippen molar-refractivity contribution in [3.63, 3.8) is 0 Å². The van der Waals surface area contributed by atoms with E-state index in [1.54, 1.807) is 7.11 Å². The zero-order valence-electron chi connectivity index (χ0n) is 12.1.